The molecule has 0 amide bonds. The van der Waals surface area contributed by atoms with Gasteiger partial charge in [0.2, 0.25) is 0 Å². The van der Waals surface area contributed by atoms with Crippen LogP contribution >= 0.6 is 22.6 Å². The van der Waals surface area contributed by atoms with Gasteiger partial charge in [-0.3, -0.25) is 0 Å². The second-order valence-electron chi connectivity index (χ2n) is 5.13. The summed E-state index contributed by atoms with van der Waals surface area (Å²) in [6.45, 7) is 7.87. The van der Waals surface area contributed by atoms with Gasteiger partial charge in [-0.05, 0) is 63.1 Å². The van der Waals surface area contributed by atoms with Gasteiger partial charge in [-0.2, -0.15) is 0 Å². The number of ether oxygens (including phenoxy) is 1. The topological polar surface area (TPSA) is 55.4 Å². The Bertz CT molecular complexity index is 387. The van der Waals surface area contributed by atoms with E-state index in [0.29, 0.717) is 12.2 Å². The first-order chi connectivity index (χ1) is 8.27. The third-order valence-electron chi connectivity index (χ3n) is 2.59. The lowest BCUT2D eigenvalue weighted by molar-refractivity contribution is -0.138. The lowest BCUT2D eigenvalue weighted by atomic mass is 10.1. The summed E-state index contributed by atoms with van der Waals surface area (Å²) in [6, 6.07) is -0.156. The summed E-state index contributed by atoms with van der Waals surface area (Å²) < 4.78 is 20.8. The number of carbonyl (C=O) groups excluding carboxylic acids is 1. The number of nitrogens with one attached hydrogen (secondary N) is 1. The van der Waals surface area contributed by atoms with E-state index in [9.17, 15) is 9.00 Å². The van der Waals surface area contributed by atoms with Crippen molar-refractivity contribution in [1.82, 2.24) is 4.72 Å². The van der Waals surface area contributed by atoms with Crippen molar-refractivity contribution in [3.05, 3.63) is 9.15 Å². The second-order valence-corrected chi connectivity index (χ2v) is 8.43. The molecule has 0 aromatic rings. The smallest absolute Gasteiger partial charge is 0.336 e. The number of hydrogen-bond donors (Lipinski definition) is 1. The van der Waals surface area contributed by atoms with E-state index in [1.165, 1.54) is 0 Å². The van der Waals surface area contributed by atoms with E-state index < -0.39 is 11.0 Å². The van der Waals surface area contributed by atoms with Crippen LogP contribution in [0.4, 0.5) is 0 Å². The molecule has 0 saturated carbocycles. The van der Waals surface area contributed by atoms with Crippen LogP contribution in [0.25, 0.3) is 0 Å². The van der Waals surface area contributed by atoms with Gasteiger partial charge in [-0.1, -0.05) is 0 Å². The van der Waals surface area contributed by atoms with Gasteiger partial charge < -0.3 is 4.74 Å². The van der Waals surface area contributed by atoms with Crippen LogP contribution in [0.5, 0.6) is 0 Å². The highest BCUT2D eigenvalue weighted by Crippen LogP contribution is 2.32. The predicted octanol–water partition coefficient (Wildman–Crippen LogP) is 2.45. The summed E-state index contributed by atoms with van der Waals surface area (Å²) in [7, 11) is -1.18. The number of esters is 1. The first kappa shape index (κ1) is 16.1. The maximum atomic E-state index is 12.1. The zero-order chi connectivity index (χ0) is 13.9. The van der Waals surface area contributed by atoms with E-state index in [0.717, 1.165) is 16.4 Å². The largest absolute Gasteiger partial charge is 0.463 e. The minimum absolute atomic E-state index is 0.156. The molecule has 0 heterocycles. The monoisotopic (exact) mass is 385 g/mol. The van der Waals surface area contributed by atoms with E-state index in [1.54, 1.807) is 6.92 Å². The summed E-state index contributed by atoms with van der Waals surface area (Å²) >= 11 is 2.17. The fraction of sp³-hybridized carbons (Fsp3) is 0.750. The lowest BCUT2D eigenvalue weighted by Crippen LogP contribution is -2.41. The highest BCUT2D eigenvalue weighted by molar-refractivity contribution is 14.1. The minimum atomic E-state index is -1.18. The van der Waals surface area contributed by atoms with Gasteiger partial charge in [0.05, 0.1) is 34.0 Å². The zero-order valence-corrected chi connectivity index (χ0v) is 14.2. The fourth-order valence-electron chi connectivity index (χ4n) is 1.62. The molecule has 104 valence electrons. The molecule has 0 saturated heterocycles. The van der Waals surface area contributed by atoms with Crippen LogP contribution in [-0.4, -0.2) is 27.6 Å². The Morgan fingerprint density at radius 1 is 1.56 bits per heavy atom. The number of halogens is 1. The molecule has 0 spiro atoms. The van der Waals surface area contributed by atoms with Crippen LogP contribution in [0.3, 0.4) is 0 Å². The van der Waals surface area contributed by atoms with Crippen molar-refractivity contribution in [2.24, 2.45) is 0 Å². The molecule has 1 rings (SSSR count). The Morgan fingerprint density at radius 2 is 2.17 bits per heavy atom. The molecule has 0 aromatic carbocycles. The van der Waals surface area contributed by atoms with E-state index in [2.05, 4.69) is 27.3 Å². The third-order valence-corrected chi connectivity index (χ3v) is 5.33. The van der Waals surface area contributed by atoms with Gasteiger partial charge in [0.15, 0.2) is 0 Å². The van der Waals surface area contributed by atoms with Gasteiger partial charge in [-0.25, -0.2) is 13.7 Å². The molecular weight excluding hydrogens is 365 g/mol. The third kappa shape index (κ3) is 4.03. The molecular formula is C12H20INO3S. The average Bonchev–Trinajstić information content (AvgIpc) is 2.58. The zero-order valence-electron chi connectivity index (χ0n) is 11.2. The molecule has 18 heavy (non-hydrogen) atoms. The summed E-state index contributed by atoms with van der Waals surface area (Å²) in [5.41, 5.74) is 0.648. The highest BCUT2D eigenvalue weighted by atomic mass is 127. The van der Waals surface area contributed by atoms with Crippen LogP contribution in [0, 0.1) is 0 Å². The first-order valence-corrected chi connectivity index (χ1v) is 8.24. The van der Waals surface area contributed by atoms with E-state index in [-0.39, 0.29) is 16.8 Å². The molecule has 0 aliphatic heterocycles. The minimum Gasteiger partial charge on any atom is -0.463 e. The molecule has 1 N–H and O–H groups in total. The summed E-state index contributed by atoms with van der Waals surface area (Å²) in [5, 5.41) is 0. The molecule has 0 aromatic heterocycles. The van der Waals surface area contributed by atoms with Gasteiger partial charge in [0, 0.05) is 3.58 Å². The Morgan fingerprint density at radius 3 is 2.67 bits per heavy atom. The number of rotatable bonds is 4. The SMILES string of the molecule is CCOC(=O)C1=C(I)CC[C@@H]1NS(=O)C(C)(C)C. The van der Waals surface area contributed by atoms with Crippen LogP contribution in [0.1, 0.15) is 40.5 Å². The first-order valence-electron chi connectivity index (χ1n) is 6.01. The average molecular weight is 385 g/mol. The molecule has 6 heteroatoms. The molecule has 2 atom stereocenters. The maximum Gasteiger partial charge on any atom is 0.336 e. The Balaban J connectivity index is 2.79. The Labute approximate surface area is 125 Å². The van der Waals surface area contributed by atoms with Crippen molar-refractivity contribution in [2.75, 3.05) is 6.61 Å². The second kappa shape index (κ2) is 6.47. The van der Waals surface area contributed by atoms with Crippen molar-refractivity contribution < 1.29 is 13.7 Å². The summed E-state index contributed by atoms with van der Waals surface area (Å²) in [6.07, 6.45) is 1.64. The quantitative estimate of drug-likeness (QED) is 0.598. The van der Waals surface area contributed by atoms with Crippen LogP contribution < -0.4 is 4.72 Å². The predicted molar refractivity (Wildman–Crippen MR) is 81.7 cm³/mol. The van der Waals surface area contributed by atoms with E-state index in [4.69, 9.17) is 4.74 Å². The molecule has 0 radical (unpaired) electrons. The van der Waals surface area contributed by atoms with Crippen molar-refractivity contribution in [3.63, 3.8) is 0 Å². The van der Waals surface area contributed by atoms with E-state index >= 15 is 0 Å². The molecule has 1 unspecified atom stereocenters. The van der Waals surface area contributed by atoms with Crippen molar-refractivity contribution >= 4 is 39.5 Å². The summed E-state index contributed by atoms with van der Waals surface area (Å²) in [4.78, 5) is 11.9. The van der Waals surface area contributed by atoms with Crippen LogP contribution in [0.15, 0.2) is 9.15 Å². The maximum absolute atomic E-state index is 12.1. The lowest BCUT2D eigenvalue weighted by Gasteiger charge is -2.22. The number of carbonyl (C=O) groups is 1. The standard InChI is InChI=1S/C12H20INO3S/c1-5-17-11(15)10-8(13)6-7-9(10)14-18(16)12(2,3)4/h9,14H,5-7H2,1-4H3/t9-,18?/m0/s1. The van der Waals surface area contributed by atoms with Crippen LogP contribution in [-0.2, 0) is 20.5 Å². The summed E-state index contributed by atoms with van der Waals surface area (Å²) in [5.74, 6) is -0.289. The van der Waals surface area contributed by atoms with Crippen molar-refractivity contribution in [2.45, 2.75) is 51.3 Å². The highest BCUT2D eigenvalue weighted by Gasteiger charge is 2.33. The molecule has 0 bridgehead atoms. The molecule has 1 aliphatic rings. The normalized spacial score (nSPS) is 22.2. The van der Waals surface area contributed by atoms with Crippen molar-refractivity contribution in [3.8, 4) is 0 Å². The fourth-order valence-corrected chi connectivity index (χ4v) is 3.38. The Hall–Kier alpha value is 0.0500. The van der Waals surface area contributed by atoms with Crippen molar-refractivity contribution in [1.29, 1.82) is 0 Å². The molecule has 4 nitrogen and oxygen atoms in total. The van der Waals surface area contributed by atoms with Gasteiger partial charge >= 0.3 is 5.97 Å². The molecule has 1 aliphatic carbocycles. The Kier molecular flexibility index (Phi) is 5.79. The van der Waals surface area contributed by atoms with Gasteiger partial charge in [0.25, 0.3) is 0 Å². The van der Waals surface area contributed by atoms with E-state index in [1.807, 2.05) is 20.8 Å². The van der Waals surface area contributed by atoms with Gasteiger partial charge in [-0.15, -0.1) is 0 Å². The van der Waals surface area contributed by atoms with Gasteiger partial charge in [0.1, 0.15) is 0 Å². The number of hydrogen-bond acceptors (Lipinski definition) is 3. The number of allylic oxidation sites excluding steroid dienone is 1. The molecule has 0 fully saturated rings. The van der Waals surface area contributed by atoms with Crippen LogP contribution in [0.2, 0.25) is 0 Å².